The molecule has 0 saturated heterocycles. The Morgan fingerprint density at radius 3 is 2.90 bits per heavy atom. The van der Waals surface area contributed by atoms with E-state index >= 15 is 0 Å². The third-order valence-corrected chi connectivity index (χ3v) is 3.72. The summed E-state index contributed by atoms with van der Waals surface area (Å²) in [5, 5.41) is 3.31. The van der Waals surface area contributed by atoms with E-state index in [9.17, 15) is 9.59 Å². The summed E-state index contributed by atoms with van der Waals surface area (Å²) in [6, 6.07) is 3.02. The molecule has 21 heavy (non-hydrogen) atoms. The number of amides is 1. The van der Waals surface area contributed by atoms with Gasteiger partial charge in [-0.15, -0.1) is 0 Å². The van der Waals surface area contributed by atoms with Gasteiger partial charge >= 0.3 is 5.97 Å². The molecule has 0 saturated carbocycles. The summed E-state index contributed by atoms with van der Waals surface area (Å²) in [6.07, 6.45) is 1.44. The molecule has 0 spiro atoms. The number of ether oxygens (including phenoxy) is 1. The smallest absolute Gasteiger partial charge is 0.350 e. The molecule has 0 aliphatic carbocycles. The molecule has 0 aromatic carbocycles. The fourth-order valence-corrected chi connectivity index (χ4v) is 2.54. The Labute approximate surface area is 130 Å². The number of rotatable bonds is 4. The van der Waals surface area contributed by atoms with E-state index in [4.69, 9.17) is 16.3 Å². The summed E-state index contributed by atoms with van der Waals surface area (Å²) in [6.45, 7) is 3.68. The first-order chi connectivity index (χ1) is 10.0. The van der Waals surface area contributed by atoms with Gasteiger partial charge < -0.3 is 4.74 Å². The standard InChI is InChI=1S/C13H12ClN3O3S/c1-3-20-12(19)10-7(2)16-13(21-10)17-11(18)9-6-8(14)4-5-15-9/h4-6H,3H2,1-2H3,(H,16,17,18). The summed E-state index contributed by atoms with van der Waals surface area (Å²) >= 11 is 6.86. The fourth-order valence-electron chi connectivity index (χ4n) is 1.53. The summed E-state index contributed by atoms with van der Waals surface area (Å²) in [5.74, 6) is -0.893. The van der Waals surface area contributed by atoms with Crippen LogP contribution in [-0.2, 0) is 4.74 Å². The zero-order valence-electron chi connectivity index (χ0n) is 11.3. The van der Waals surface area contributed by atoms with Gasteiger partial charge in [-0.05, 0) is 26.0 Å². The maximum atomic E-state index is 12.0. The van der Waals surface area contributed by atoms with Crippen LogP contribution in [0.4, 0.5) is 5.13 Å². The molecule has 0 aliphatic rings. The number of hydrogen-bond donors (Lipinski definition) is 1. The molecular weight excluding hydrogens is 314 g/mol. The van der Waals surface area contributed by atoms with E-state index in [1.807, 2.05) is 0 Å². The van der Waals surface area contributed by atoms with Gasteiger partial charge in [0.05, 0.1) is 12.3 Å². The first kappa shape index (κ1) is 15.4. The topological polar surface area (TPSA) is 81.2 Å². The second-order valence-corrected chi connectivity index (χ2v) is 5.40. The molecule has 0 atom stereocenters. The summed E-state index contributed by atoms with van der Waals surface area (Å²) < 4.78 is 4.92. The van der Waals surface area contributed by atoms with Crippen LogP contribution in [-0.4, -0.2) is 28.5 Å². The first-order valence-electron chi connectivity index (χ1n) is 6.08. The Hall–Kier alpha value is -1.99. The minimum atomic E-state index is -0.450. The van der Waals surface area contributed by atoms with Crippen molar-refractivity contribution >= 4 is 39.9 Å². The molecular formula is C13H12ClN3O3S. The summed E-state index contributed by atoms with van der Waals surface area (Å²) in [5.41, 5.74) is 0.681. The van der Waals surface area contributed by atoms with Crippen molar-refractivity contribution < 1.29 is 14.3 Å². The number of anilines is 1. The highest BCUT2D eigenvalue weighted by molar-refractivity contribution is 7.17. The van der Waals surface area contributed by atoms with Crippen LogP contribution in [0.3, 0.4) is 0 Å². The van der Waals surface area contributed by atoms with Crippen LogP contribution in [0.15, 0.2) is 18.3 Å². The molecule has 0 bridgehead atoms. The first-order valence-corrected chi connectivity index (χ1v) is 7.28. The average molecular weight is 326 g/mol. The van der Waals surface area contributed by atoms with Gasteiger partial charge in [-0.2, -0.15) is 0 Å². The van der Waals surface area contributed by atoms with Crippen LogP contribution in [0.2, 0.25) is 5.02 Å². The lowest BCUT2D eigenvalue weighted by Crippen LogP contribution is -2.13. The third-order valence-electron chi connectivity index (χ3n) is 2.43. The molecule has 2 aromatic rings. The average Bonchev–Trinajstić information content (AvgIpc) is 2.80. The van der Waals surface area contributed by atoms with Crippen molar-refractivity contribution in [2.45, 2.75) is 13.8 Å². The SMILES string of the molecule is CCOC(=O)c1sc(NC(=O)c2cc(Cl)ccn2)nc1C. The Morgan fingerprint density at radius 2 is 2.24 bits per heavy atom. The van der Waals surface area contributed by atoms with E-state index in [0.29, 0.717) is 20.7 Å². The van der Waals surface area contributed by atoms with Gasteiger partial charge in [-0.25, -0.2) is 9.78 Å². The minimum Gasteiger partial charge on any atom is -0.462 e. The predicted octanol–water partition coefficient (Wildman–Crippen LogP) is 2.93. The van der Waals surface area contributed by atoms with Crippen molar-refractivity contribution in [3.63, 3.8) is 0 Å². The highest BCUT2D eigenvalue weighted by Crippen LogP contribution is 2.24. The molecule has 8 heteroatoms. The molecule has 2 heterocycles. The van der Waals surface area contributed by atoms with Gasteiger partial charge in [-0.1, -0.05) is 22.9 Å². The van der Waals surface area contributed by atoms with Crippen molar-refractivity contribution in [1.82, 2.24) is 9.97 Å². The van der Waals surface area contributed by atoms with Crippen molar-refractivity contribution in [3.05, 3.63) is 39.6 Å². The lowest BCUT2D eigenvalue weighted by Gasteiger charge is -2.00. The number of halogens is 1. The highest BCUT2D eigenvalue weighted by Gasteiger charge is 2.18. The van der Waals surface area contributed by atoms with Crippen LogP contribution in [0.1, 0.15) is 32.8 Å². The number of aromatic nitrogens is 2. The van der Waals surface area contributed by atoms with E-state index < -0.39 is 11.9 Å². The minimum absolute atomic E-state index is 0.174. The largest absolute Gasteiger partial charge is 0.462 e. The number of nitrogens with one attached hydrogen (secondary N) is 1. The van der Waals surface area contributed by atoms with Gasteiger partial charge in [0.15, 0.2) is 5.13 Å². The van der Waals surface area contributed by atoms with Crippen LogP contribution >= 0.6 is 22.9 Å². The lowest BCUT2D eigenvalue weighted by molar-refractivity contribution is 0.0531. The lowest BCUT2D eigenvalue weighted by atomic mass is 10.3. The van der Waals surface area contributed by atoms with Crippen molar-refractivity contribution in [2.24, 2.45) is 0 Å². The summed E-state index contributed by atoms with van der Waals surface area (Å²) in [4.78, 5) is 32.1. The van der Waals surface area contributed by atoms with Crippen LogP contribution in [0, 0.1) is 6.92 Å². The van der Waals surface area contributed by atoms with E-state index in [1.165, 1.54) is 12.3 Å². The summed E-state index contributed by atoms with van der Waals surface area (Å²) in [7, 11) is 0. The van der Waals surface area contributed by atoms with Crippen LogP contribution in [0.25, 0.3) is 0 Å². The van der Waals surface area contributed by atoms with Gasteiger partial charge in [0.1, 0.15) is 10.6 Å². The zero-order valence-corrected chi connectivity index (χ0v) is 12.9. The molecule has 2 aromatic heterocycles. The molecule has 1 N–H and O–H groups in total. The monoisotopic (exact) mass is 325 g/mol. The number of thiazole rings is 1. The molecule has 0 radical (unpaired) electrons. The van der Waals surface area contributed by atoms with E-state index in [0.717, 1.165) is 11.3 Å². The number of nitrogens with zero attached hydrogens (tertiary/aromatic N) is 2. The second-order valence-electron chi connectivity index (χ2n) is 3.97. The second kappa shape index (κ2) is 6.64. The number of aryl methyl sites for hydroxylation is 1. The number of carbonyl (C=O) groups is 2. The van der Waals surface area contributed by atoms with E-state index in [-0.39, 0.29) is 12.3 Å². The van der Waals surface area contributed by atoms with Crippen molar-refractivity contribution in [3.8, 4) is 0 Å². The Morgan fingerprint density at radius 1 is 1.48 bits per heavy atom. The van der Waals surface area contributed by atoms with Gasteiger partial charge in [0, 0.05) is 11.2 Å². The van der Waals surface area contributed by atoms with Crippen molar-refractivity contribution in [2.75, 3.05) is 11.9 Å². The fraction of sp³-hybridized carbons (Fsp3) is 0.231. The normalized spacial score (nSPS) is 10.2. The quantitative estimate of drug-likeness (QED) is 0.874. The maximum Gasteiger partial charge on any atom is 0.350 e. The third kappa shape index (κ3) is 3.77. The molecule has 6 nitrogen and oxygen atoms in total. The predicted molar refractivity (Wildman–Crippen MR) is 80.0 cm³/mol. The number of pyridine rings is 1. The number of esters is 1. The number of hydrogen-bond acceptors (Lipinski definition) is 6. The molecule has 0 aliphatic heterocycles. The maximum absolute atomic E-state index is 12.0. The van der Waals surface area contributed by atoms with Gasteiger partial charge in [0.25, 0.3) is 5.91 Å². The molecule has 2 rings (SSSR count). The van der Waals surface area contributed by atoms with E-state index in [2.05, 4.69) is 15.3 Å². The van der Waals surface area contributed by atoms with Gasteiger partial charge in [0.2, 0.25) is 0 Å². The van der Waals surface area contributed by atoms with Crippen LogP contribution < -0.4 is 5.32 Å². The molecule has 0 fully saturated rings. The van der Waals surface area contributed by atoms with E-state index in [1.54, 1.807) is 19.9 Å². The Kier molecular flexibility index (Phi) is 4.87. The molecule has 0 unspecified atom stereocenters. The van der Waals surface area contributed by atoms with Gasteiger partial charge in [-0.3, -0.25) is 15.1 Å². The number of carbonyl (C=O) groups excluding carboxylic acids is 2. The highest BCUT2D eigenvalue weighted by atomic mass is 35.5. The Bertz CT molecular complexity index is 687. The molecule has 110 valence electrons. The zero-order chi connectivity index (χ0) is 15.4. The van der Waals surface area contributed by atoms with Crippen molar-refractivity contribution in [1.29, 1.82) is 0 Å². The molecule has 1 amide bonds. The van der Waals surface area contributed by atoms with Crippen LogP contribution in [0.5, 0.6) is 0 Å². The Balaban J connectivity index is 2.15.